The van der Waals surface area contributed by atoms with Crippen LogP contribution < -0.4 is 0 Å². The molecular weight excluding hydrogens is 833 g/mol. The quantitative estimate of drug-likeness (QED) is 0.177. The highest BCUT2D eigenvalue weighted by molar-refractivity contribution is 7.26. The molecule has 0 bridgehead atoms. The summed E-state index contributed by atoms with van der Waals surface area (Å²) in [4.78, 5) is 11.0. The van der Waals surface area contributed by atoms with Crippen molar-refractivity contribution >= 4 is 118 Å². The third-order valence-corrected chi connectivity index (χ3v) is 15.3. The molecule has 4 nitrogen and oxygen atoms in total. The van der Waals surface area contributed by atoms with Gasteiger partial charge in [-0.15, -0.1) is 11.3 Å². The average molecular weight is 869 g/mol. The third-order valence-electron chi connectivity index (χ3n) is 14.0. The molecule has 0 unspecified atom stereocenters. The van der Waals surface area contributed by atoms with Gasteiger partial charge in [0.05, 0.1) is 50.2 Å². The minimum absolute atomic E-state index is 0.873. The van der Waals surface area contributed by atoms with Crippen LogP contribution in [0.4, 0.5) is 0 Å². The number of aromatic nitrogens is 4. The second-order valence-electron chi connectivity index (χ2n) is 17.7. The van der Waals surface area contributed by atoms with Gasteiger partial charge < -0.3 is 9.13 Å². The van der Waals surface area contributed by atoms with Crippen LogP contribution in [0.15, 0.2) is 218 Å². The summed E-state index contributed by atoms with van der Waals surface area (Å²) in [5.74, 6) is 0. The van der Waals surface area contributed by atoms with Crippen LogP contribution in [0, 0.1) is 0 Å². The van der Waals surface area contributed by atoms with Crippen molar-refractivity contribution in [3.05, 3.63) is 218 Å². The van der Waals surface area contributed by atoms with Crippen molar-refractivity contribution < 1.29 is 0 Å². The van der Waals surface area contributed by atoms with E-state index in [-0.39, 0.29) is 0 Å². The van der Waals surface area contributed by atoms with Crippen LogP contribution in [0.5, 0.6) is 0 Å². The fourth-order valence-electron chi connectivity index (χ4n) is 11.0. The van der Waals surface area contributed by atoms with Crippen LogP contribution in [-0.4, -0.2) is 19.1 Å². The van der Waals surface area contributed by atoms with E-state index in [0.717, 1.165) is 61.2 Å². The van der Waals surface area contributed by atoms with Crippen molar-refractivity contribution in [1.29, 1.82) is 0 Å². The maximum Gasteiger partial charge on any atom is 0.0987 e. The summed E-state index contributed by atoms with van der Waals surface area (Å²) in [5.41, 5.74) is 12.6. The van der Waals surface area contributed by atoms with E-state index in [2.05, 4.69) is 221 Å². The van der Waals surface area contributed by atoms with Crippen LogP contribution in [0.1, 0.15) is 0 Å². The lowest BCUT2D eigenvalue weighted by Gasteiger charge is -2.16. The Bertz CT molecular complexity index is 4590. The SMILES string of the molecule is c1ccc2cc3c(cc2c1)c1ccccc1n3-c1ccc2c3cc4ccccc4cc3n(-c3cccc4c(-c5nc6ccccc6nc5-c5cccc6c5sc5ccccc56)cccc34)c2c1. The van der Waals surface area contributed by atoms with Gasteiger partial charge in [-0.05, 0) is 93.7 Å². The van der Waals surface area contributed by atoms with Crippen LogP contribution >= 0.6 is 11.3 Å². The van der Waals surface area contributed by atoms with Gasteiger partial charge in [-0.25, -0.2) is 9.97 Å². The Morgan fingerprint density at radius 1 is 0.313 bits per heavy atom. The van der Waals surface area contributed by atoms with Gasteiger partial charge in [0.1, 0.15) is 0 Å². The first-order chi connectivity index (χ1) is 33.2. The van der Waals surface area contributed by atoms with E-state index in [1.807, 2.05) is 17.4 Å². The number of rotatable bonds is 4. The van der Waals surface area contributed by atoms with Crippen molar-refractivity contribution in [2.75, 3.05) is 0 Å². The molecule has 15 rings (SSSR count). The first-order valence-corrected chi connectivity index (χ1v) is 23.6. The highest BCUT2D eigenvalue weighted by Crippen LogP contribution is 2.45. The van der Waals surface area contributed by atoms with Gasteiger partial charge >= 0.3 is 0 Å². The standard InChI is InChI=1S/C62H36N4S/c1-3-16-39-34-56-50(32-37(39)14-1)44-18-5-9-27-54(44)65(56)41-30-31-45-51-33-38-15-2-4-17-40(38)35-57(51)66(58(45)36-41)55-28-13-20-42-43(55)21-11-22-47(42)60-61(64-53-26-8-7-25-52(53)63-60)49-24-12-23-48-46-19-6-10-29-59(46)67-62(48)49/h1-36H. The van der Waals surface area contributed by atoms with Gasteiger partial charge in [0, 0.05) is 63.9 Å². The zero-order chi connectivity index (χ0) is 43.7. The highest BCUT2D eigenvalue weighted by Gasteiger charge is 2.22. The Hall–Kier alpha value is -8.64. The summed E-state index contributed by atoms with van der Waals surface area (Å²) in [6, 6.07) is 79.7. The van der Waals surface area contributed by atoms with E-state index in [0.29, 0.717) is 0 Å². The van der Waals surface area contributed by atoms with E-state index in [1.54, 1.807) is 0 Å². The molecular formula is C62H36N4S. The highest BCUT2D eigenvalue weighted by atomic mass is 32.1. The molecule has 0 spiro atoms. The second-order valence-corrected chi connectivity index (χ2v) is 18.7. The molecule has 4 heterocycles. The molecule has 15 aromatic rings. The Labute approximate surface area is 387 Å². The predicted molar refractivity (Wildman–Crippen MR) is 284 cm³/mol. The predicted octanol–water partition coefficient (Wildman–Crippen LogP) is 17.0. The molecule has 0 aliphatic rings. The van der Waals surface area contributed by atoms with E-state index < -0.39 is 0 Å². The van der Waals surface area contributed by atoms with Crippen LogP contribution in [-0.2, 0) is 0 Å². The lowest BCUT2D eigenvalue weighted by molar-refractivity contribution is 1.16. The van der Waals surface area contributed by atoms with Crippen LogP contribution in [0.2, 0.25) is 0 Å². The molecule has 0 radical (unpaired) electrons. The lowest BCUT2D eigenvalue weighted by atomic mass is 9.96. The number of hydrogen-bond donors (Lipinski definition) is 0. The third kappa shape index (κ3) is 5.34. The summed E-state index contributed by atoms with van der Waals surface area (Å²) in [7, 11) is 0. The molecule has 0 aliphatic carbocycles. The molecule has 11 aromatic carbocycles. The molecule has 310 valence electrons. The molecule has 0 atom stereocenters. The van der Waals surface area contributed by atoms with Crippen LogP contribution in [0.3, 0.4) is 0 Å². The zero-order valence-electron chi connectivity index (χ0n) is 36.0. The topological polar surface area (TPSA) is 35.6 Å². The lowest BCUT2D eigenvalue weighted by Crippen LogP contribution is -1.99. The van der Waals surface area contributed by atoms with E-state index in [1.165, 1.54) is 79.8 Å². The molecule has 0 aliphatic heterocycles. The number of nitrogens with zero attached hydrogens (tertiary/aromatic N) is 4. The molecule has 0 saturated carbocycles. The monoisotopic (exact) mass is 868 g/mol. The number of para-hydroxylation sites is 3. The van der Waals surface area contributed by atoms with Crippen molar-refractivity contribution in [3.8, 4) is 33.9 Å². The molecule has 0 fully saturated rings. The fourth-order valence-corrected chi connectivity index (χ4v) is 12.2. The Morgan fingerprint density at radius 2 is 0.836 bits per heavy atom. The van der Waals surface area contributed by atoms with E-state index >= 15 is 0 Å². The molecule has 67 heavy (non-hydrogen) atoms. The van der Waals surface area contributed by atoms with Gasteiger partial charge in [0.2, 0.25) is 0 Å². The number of hydrogen-bond acceptors (Lipinski definition) is 3. The maximum absolute atomic E-state index is 5.50. The Morgan fingerprint density at radius 3 is 1.58 bits per heavy atom. The van der Waals surface area contributed by atoms with Crippen molar-refractivity contribution in [3.63, 3.8) is 0 Å². The van der Waals surface area contributed by atoms with Gasteiger partial charge in [-0.1, -0.05) is 152 Å². The summed E-state index contributed by atoms with van der Waals surface area (Å²) < 4.78 is 7.44. The molecule has 0 amide bonds. The van der Waals surface area contributed by atoms with E-state index in [4.69, 9.17) is 9.97 Å². The van der Waals surface area contributed by atoms with Gasteiger partial charge in [0.15, 0.2) is 0 Å². The van der Waals surface area contributed by atoms with E-state index in [9.17, 15) is 0 Å². The number of fused-ring (bicyclic) bond motifs is 13. The Kier molecular flexibility index (Phi) is 7.63. The fraction of sp³-hybridized carbons (Fsp3) is 0. The smallest absolute Gasteiger partial charge is 0.0987 e. The molecule has 5 heteroatoms. The van der Waals surface area contributed by atoms with Crippen molar-refractivity contribution in [2.24, 2.45) is 0 Å². The molecule has 4 aromatic heterocycles. The zero-order valence-corrected chi connectivity index (χ0v) is 36.8. The van der Waals surface area contributed by atoms with Gasteiger partial charge in [0.25, 0.3) is 0 Å². The Balaban J connectivity index is 1.01. The number of thiophene rings is 1. The minimum atomic E-state index is 0.873. The second kappa shape index (κ2) is 13.9. The largest absolute Gasteiger partial charge is 0.309 e. The van der Waals surface area contributed by atoms with Gasteiger partial charge in [-0.2, -0.15) is 0 Å². The minimum Gasteiger partial charge on any atom is -0.309 e. The summed E-state index contributed by atoms with van der Waals surface area (Å²) in [6.45, 7) is 0. The van der Waals surface area contributed by atoms with Crippen molar-refractivity contribution in [1.82, 2.24) is 19.1 Å². The first-order valence-electron chi connectivity index (χ1n) is 22.8. The summed E-state index contributed by atoms with van der Waals surface area (Å²) in [6.07, 6.45) is 0. The maximum atomic E-state index is 5.50. The molecule has 0 saturated heterocycles. The van der Waals surface area contributed by atoms with Gasteiger partial charge in [-0.3, -0.25) is 0 Å². The summed E-state index contributed by atoms with van der Waals surface area (Å²) in [5, 5.41) is 14.6. The summed E-state index contributed by atoms with van der Waals surface area (Å²) >= 11 is 1.83. The average Bonchev–Trinajstić information content (AvgIpc) is 4.03. The molecule has 0 N–H and O–H groups in total. The normalized spacial score (nSPS) is 12.2. The van der Waals surface area contributed by atoms with Crippen LogP contribution in [0.25, 0.3) is 141 Å². The number of benzene rings is 11. The first kappa shape index (κ1) is 36.7. The van der Waals surface area contributed by atoms with Crippen molar-refractivity contribution in [2.45, 2.75) is 0 Å².